The van der Waals surface area contributed by atoms with Crippen LogP contribution in [-0.4, -0.2) is 0 Å². The Hall–Kier alpha value is -1.47. The zero-order chi connectivity index (χ0) is 12.9. The second kappa shape index (κ2) is 8.74. The largest absolute Gasteiger partial charge is 1.00 e. The minimum Gasteiger partial charge on any atom is -1.00 e. The van der Waals surface area contributed by atoms with Crippen molar-refractivity contribution in [2.75, 3.05) is 0 Å². The maximum Gasteiger partial charge on any atom is -0.0134 e. The normalized spacial score (nSPS) is 9.57. The first-order valence-corrected chi connectivity index (χ1v) is 7.74. The fraction of sp³-hybridized carbons (Fsp3) is 0. The summed E-state index contributed by atoms with van der Waals surface area (Å²) in [6, 6.07) is 32.3. The van der Waals surface area contributed by atoms with Gasteiger partial charge in [0.15, 0.2) is 0 Å². The van der Waals surface area contributed by atoms with Gasteiger partial charge in [0.05, 0.1) is 0 Å². The fourth-order valence-electron chi connectivity index (χ4n) is 2.18. The molecule has 0 saturated heterocycles. The molecule has 0 aromatic heterocycles. The second-order valence-corrected chi connectivity index (χ2v) is 6.56. The molecule has 108 valence electrons. The first-order chi connectivity index (χ1) is 9.45. The summed E-state index contributed by atoms with van der Waals surface area (Å²) in [4.78, 5) is 0. The Labute approximate surface area is 138 Å². The third-order valence-corrected chi connectivity index (χ3v) is 5.49. The molecule has 0 radical (unpaired) electrons. The highest BCUT2D eigenvalue weighted by Gasteiger charge is 2.14. The molecule has 1 nitrogen and oxygen atoms in total. The van der Waals surface area contributed by atoms with Crippen molar-refractivity contribution in [1.82, 2.24) is 6.15 Å². The number of hydrogen-bond acceptors (Lipinski definition) is 0. The first kappa shape index (κ1) is 17.6. The highest BCUT2D eigenvalue weighted by molar-refractivity contribution is 7.79. The van der Waals surface area contributed by atoms with Crippen LogP contribution in [0.15, 0.2) is 91.0 Å². The van der Waals surface area contributed by atoms with Crippen LogP contribution >= 0.6 is 7.92 Å². The Balaban J connectivity index is 0.00000110. The molecule has 0 amide bonds. The van der Waals surface area contributed by atoms with Crippen molar-refractivity contribution in [2.24, 2.45) is 0 Å². The van der Waals surface area contributed by atoms with Crippen LogP contribution in [0.4, 0.5) is 0 Å². The average molecular weight is 360 g/mol. The molecule has 0 unspecified atom stereocenters. The van der Waals surface area contributed by atoms with Gasteiger partial charge < -0.3 is 23.1 Å². The van der Waals surface area contributed by atoms with Gasteiger partial charge in [0.2, 0.25) is 0 Å². The molecule has 3 rings (SSSR count). The van der Waals surface area contributed by atoms with Gasteiger partial charge in [-0.3, -0.25) is 0 Å². The van der Waals surface area contributed by atoms with Gasteiger partial charge in [-0.15, -0.1) is 0 Å². The quantitative estimate of drug-likeness (QED) is 0.672. The minimum absolute atomic E-state index is 0. The summed E-state index contributed by atoms with van der Waals surface area (Å²) < 4.78 is 0. The van der Waals surface area contributed by atoms with Gasteiger partial charge in [0, 0.05) is 0 Å². The van der Waals surface area contributed by atoms with Gasteiger partial charge >= 0.3 is 0 Å². The molecule has 0 aliphatic heterocycles. The Morgan fingerprint density at radius 3 is 0.905 bits per heavy atom. The van der Waals surface area contributed by atoms with Crippen molar-refractivity contribution in [3.63, 3.8) is 0 Å². The molecule has 0 heterocycles. The summed E-state index contributed by atoms with van der Waals surface area (Å²) >= 11 is 0. The Bertz CT molecular complexity index is 535. The highest BCUT2D eigenvalue weighted by atomic mass is 79.9. The van der Waals surface area contributed by atoms with Crippen LogP contribution in [0.25, 0.3) is 0 Å². The highest BCUT2D eigenvalue weighted by Crippen LogP contribution is 2.32. The number of quaternary nitrogens is 1. The second-order valence-electron chi connectivity index (χ2n) is 4.34. The van der Waals surface area contributed by atoms with E-state index < -0.39 is 7.92 Å². The zero-order valence-corrected chi connectivity index (χ0v) is 14.5. The fourth-order valence-corrected chi connectivity index (χ4v) is 4.48. The third-order valence-electron chi connectivity index (χ3n) is 3.04. The molecule has 0 aliphatic rings. The van der Waals surface area contributed by atoms with Crippen molar-refractivity contribution < 1.29 is 17.0 Å². The lowest BCUT2D eigenvalue weighted by Gasteiger charge is -2.18. The van der Waals surface area contributed by atoms with Crippen molar-refractivity contribution in [3.05, 3.63) is 91.0 Å². The van der Waals surface area contributed by atoms with Gasteiger partial charge in [0.1, 0.15) is 0 Å². The van der Waals surface area contributed by atoms with Gasteiger partial charge in [-0.2, -0.15) is 0 Å². The number of halogens is 1. The molecule has 0 fully saturated rings. The van der Waals surface area contributed by atoms with Crippen molar-refractivity contribution in [3.8, 4) is 0 Å². The number of hydrogen-bond donors (Lipinski definition) is 1. The van der Waals surface area contributed by atoms with Gasteiger partial charge in [-0.1, -0.05) is 91.0 Å². The van der Waals surface area contributed by atoms with E-state index in [4.69, 9.17) is 0 Å². The molecular formula is C18H19BrNP. The maximum absolute atomic E-state index is 2.23. The third kappa shape index (κ3) is 4.25. The SMILES string of the molecule is [Br-].[NH4+].c1ccc(P(c2ccccc2)c2ccccc2)cc1. The van der Waals surface area contributed by atoms with E-state index in [-0.39, 0.29) is 23.1 Å². The standard InChI is InChI=1S/C18H15P.BrH.H3N/c1-4-10-16(11-5-1)19(17-12-6-2-7-13-17)18-14-8-3-9-15-18;;/h1-15H;1H;1H3. The zero-order valence-electron chi connectivity index (χ0n) is 12.0. The van der Waals surface area contributed by atoms with E-state index in [1.807, 2.05) is 0 Å². The predicted molar refractivity (Wildman–Crippen MR) is 91.1 cm³/mol. The van der Waals surface area contributed by atoms with Crippen LogP contribution in [0.1, 0.15) is 0 Å². The summed E-state index contributed by atoms with van der Waals surface area (Å²) in [6.07, 6.45) is 0. The van der Waals surface area contributed by atoms with Crippen molar-refractivity contribution >= 4 is 23.8 Å². The van der Waals surface area contributed by atoms with E-state index in [1.54, 1.807) is 0 Å². The van der Waals surface area contributed by atoms with E-state index in [0.29, 0.717) is 0 Å². The topological polar surface area (TPSA) is 36.5 Å². The lowest BCUT2D eigenvalue weighted by atomic mass is 10.4. The lowest BCUT2D eigenvalue weighted by Crippen LogP contribution is -3.00. The van der Waals surface area contributed by atoms with Crippen LogP contribution in [0.3, 0.4) is 0 Å². The number of benzene rings is 3. The summed E-state index contributed by atoms with van der Waals surface area (Å²) in [5.41, 5.74) is 0. The van der Waals surface area contributed by atoms with Gasteiger partial charge in [-0.05, 0) is 23.8 Å². The molecular weight excluding hydrogens is 341 g/mol. The average Bonchev–Trinajstić information content (AvgIpc) is 2.51. The molecule has 4 N–H and O–H groups in total. The molecule has 0 aliphatic carbocycles. The smallest absolute Gasteiger partial charge is 0.0134 e. The Kier molecular flexibility index (Phi) is 7.31. The number of rotatable bonds is 3. The summed E-state index contributed by atoms with van der Waals surface area (Å²) in [5.74, 6) is 0. The molecule has 0 atom stereocenters. The summed E-state index contributed by atoms with van der Waals surface area (Å²) in [7, 11) is -0.446. The van der Waals surface area contributed by atoms with E-state index in [1.165, 1.54) is 15.9 Å². The van der Waals surface area contributed by atoms with Gasteiger partial charge in [-0.25, -0.2) is 0 Å². The first-order valence-electron chi connectivity index (χ1n) is 6.40. The molecule has 0 bridgehead atoms. The molecule has 21 heavy (non-hydrogen) atoms. The van der Waals surface area contributed by atoms with E-state index in [9.17, 15) is 0 Å². The van der Waals surface area contributed by atoms with Crippen LogP contribution in [0.5, 0.6) is 0 Å². The summed E-state index contributed by atoms with van der Waals surface area (Å²) in [5, 5.41) is 4.19. The van der Waals surface area contributed by atoms with E-state index in [0.717, 1.165) is 0 Å². The molecule has 3 aromatic rings. The van der Waals surface area contributed by atoms with Crippen LogP contribution < -0.4 is 39.0 Å². The van der Waals surface area contributed by atoms with Gasteiger partial charge in [0.25, 0.3) is 0 Å². The Morgan fingerprint density at radius 1 is 0.429 bits per heavy atom. The van der Waals surface area contributed by atoms with Crippen LogP contribution in [0.2, 0.25) is 0 Å². The molecule has 3 heteroatoms. The summed E-state index contributed by atoms with van der Waals surface area (Å²) in [6.45, 7) is 0. The van der Waals surface area contributed by atoms with Crippen molar-refractivity contribution in [1.29, 1.82) is 0 Å². The predicted octanol–water partition coefficient (Wildman–Crippen LogP) is 0.825. The molecule has 0 saturated carbocycles. The Morgan fingerprint density at radius 2 is 0.667 bits per heavy atom. The van der Waals surface area contributed by atoms with Crippen LogP contribution in [0, 0.1) is 0 Å². The van der Waals surface area contributed by atoms with E-state index in [2.05, 4.69) is 91.0 Å². The van der Waals surface area contributed by atoms with Crippen LogP contribution in [-0.2, 0) is 0 Å². The van der Waals surface area contributed by atoms with Crippen molar-refractivity contribution in [2.45, 2.75) is 0 Å². The lowest BCUT2D eigenvalue weighted by molar-refractivity contribution is -0.00000404. The molecule has 0 spiro atoms. The minimum atomic E-state index is -0.446. The maximum atomic E-state index is 2.23. The van der Waals surface area contributed by atoms with E-state index >= 15 is 0 Å². The monoisotopic (exact) mass is 359 g/mol. The molecule has 3 aromatic carbocycles.